The summed E-state index contributed by atoms with van der Waals surface area (Å²) in [6.07, 6.45) is 4.07. The molecule has 6 heteroatoms. The fourth-order valence-corrected chi connectivity index (χ4v) is 3.19. The maximum atomic E-state index is 12.7. The number of ether oxygens (including phenoxy) is 4. The number of amides is 1. The third-order valence-electron chi connectivity index (χ3n) is 4.86. The van der Waals surface area contributed by atoms with Gasteiger partial charge in [0.15, 0.2) is 17.3 Å². The monoisotopic (exact) mass is 335 g/mol. The van der Waals surface area contributed by atoms with E-state index in [1.54, 1.807) is 32.4 Å². The van der Waals surface area contributed by atoms with Crippen molar-refractivity contribution < 1.29 is 23.7 Å². The van der Waals surface area contributed by atoms with Crippen molar-refractivity contribution in [2.75, 3.05) is 32.8 Å². The minimum atomic E-state index is -0.707. The number of hydrogen-bond acceptors (Lipinski definition) is 5. The number of nitrogens with one attached hydrogen (secondary N) is 1. The SMILES string of the molecule is COc1ccc(NC(=O)C2(C)COC3(CCCC3)OC2)cc1OC. The summed E-state index contributed by atoms with van der Waals surface area (Å²) in [5, 5.41) is 2.92. The smallest absolute Gasteiger partial charge is 0.235 e. The molecule has 0 atom stereocenters. The molecular weight excluding hydrogens is 310 g/mol. The van der Waals surface area contributed by atoms with E-state index in [1.165, 1.54) is 0 Å². The molecular formula is C18H25NO5. The third-order valence-corrected chi connectivity index (χ3v) is 4.86. The van der Waals surface area contributed by atoms with E-state index >= 15 is 0 Å². The Hall–Kier alpha value is -1.79. The lowest BCUT2D eigenvalue weighted by Gasteiger charge is -2.42. The summed E-state index contributed by atoms with van der Waals surface area (Å²) in [5.41, 5.74) is -0.0545. The van der Waals surface area contributed by atoms with Crippen LogP contribution < -0.4 is 14.8 Å². The zero-order valence-electron chi connectivity index (χ0n) is 14.5. The Bertz CT molecular complexity index is 599. The molecule has 24 heavy (non-hydrogen) atoms. The van der Waals surface area contributed by atoms with Gasteiger partial charge in [-0.1, -0.05) is 0 Å². The molecule has 1 aliphatic carbocycles. The molecule has 1 aromatic carbocycles. The minimum Gasteiger partial charge on any atom is -0.493 e. The van der Waals surface area contributed by atoms with E-state index in [2.05, 4.69) is 5.32 Å². The van der Waals surface area contributed by atoms with E-state index in [0.717, 1.165) is 25.7 Å². The first-order valence-corrected chi connectivity index (χ1v) is 8.32. The van der Waals surface area contributed by atoms with E-state index in [0.29, 0.717) is 30.4 Å². The van der Waals surface area contributed by atoms with Crippen molar-refractivity contribution in [3.8, 4) is 11.5 Å². The fourth-order valence-electron chi connectivity index (χ4n) is 3.19. The predicted octanol–water partition coefficient (Wildman–Crippen LogP) is 2.97. The van der Waals surface area contributed by atoms with Gasteiger partial charge in [-0.05, 0) is 31.9 Å². The quantitative estimate of drug-likeness (QED) is 0.916. The Balaban J connectivity index is 1.66. The van der Waals surface area contributed by atoms with Crippen molar-refractivity contribution in [3.05, 3.63) is 18.2 Å². The molecule has 0 aromatic heterocycles. The Kier molecular flexibility index (Phi) is 4.69. The van der Waals surface area contributed by atoms with Gasteiger partial charge in [-0.3, -0.25) is 4.79 Å². The zero-order chi connectivity index (χ0) is 17.2. The molecule has 6 nitrogen and oxygen atoms in total. The van der Waals surface area contributed by atoms with Crippen LogP contribution in [0.25, 0.3) is 0 Å². The van der Waals surface area contributed by atoms with Gasteiger partial charge in [0.2, 0.25) is 5.91 Å². The number of rotatable bonds is 4. The van der Waals surface area contributed by atoms with Gasteiger partial charge >= 0.3 is 0 Å². The fraction of sp³-hybridized carbons (Fsp3) is 0.611. The molecule has 1 aliphatic heterocycles. The molecule has 1 amide bonds. The van der Waals surface area contributed by atoms with Crippen molar-refractivity contribution in [3.63, 3.8) is 0 Å². The van der Waals surface area contributed by atoms with Crippen LogP contribution in [0.5, 0.6) is 11.5 Å². The summed E-state index contributed by atoms with van der Waals surface area (Å²) in [6, 6.07) is 5.28. The molecule has 0 unspecified atom stereocenters. The molecule has 0 radical (unpaired) electrons. The molecule has 1 saturated heterocycles. The topological polar surface area (TPSA) is 66.0 Å². The average Bonchev–Trinajstić information content (AvgIpc) is 3.06. The largest absolute Gasteiger partial charge is 0.493 e. The first kappa shape index (κ1) is 17.0. The Labute approximate surface area is 142 Å². The predicted molar refractivity (Wildman–Crippen MR) is 89.4 cm³/mol. The van der Waals surface area contributed by atoms with Gasteiger partial charge in [0.25, 0.3) is 0 Å². The second kappa shape index (κ2) is 6.61. The van der Waals surface area contributed by atoms with Crippen molar-refractivity contribution in [1.29, 1.82) is 0 Å². The van der Waals surface area contributed by atoms with Crippen LogP contribution in [0.15, 0.2) is 18.2 Å². The van der Waals surface area contributed by atoms with Gasteiger partial charge in [-0.2, -0.15) is 0 Å². The summed E-state index contributed by atoms with van der Waals surface area (Å²) >= 11 is 0. The summed E-state index contributed by atoms with van der Waals surface area (Å²) < 4.78 is 22.4. The lowest BCUT2D eigenvalue weighted by atomic mass is 9.90. The molecule has 2 fully saturated rings. The van der Waals surface area contributed by atoms with E-state index in [-0.39, 0.29) is 5.91 Å². The van der Waals surface area contributed by atoms with Crippen LogP contribution in [0.1, 0.15) is 32.6 Å². The highest BCUT2D eigenvalue weighted by atomic mass is 16.7. The van der Waals surface area contributed by atoms with E-state index in [9.17, 15) is 4.79 Å². The van der Waals surface area contributed by atoms with Gasteiger partial charge in [0.05, 0.1) is 32.8 Å². The number of anilines is 1. The summed E-state index contributed by atoms with van der Waals surface area (Å²) in [6.45, 7) is 2.60. The van der Waals surface area contributed by atoms with Gasteiger partial charge in [0, 0.05) is 24.6 Å². The molecule has 1 N–H and O–H groups in total. The van der Waals surface area contributed by atoms with Crippen LogP contribution in [0.2, 0.25) is 0 Å². The number of hydrogen-bond donors (Lipinski definition) is 1. The van der Waals surface area contributed by atoms with Crippen molar-refractivity contribution in [2.24, 2.45) is 5.41 Å². The summed E-state index contributed by atoms with van der Waals surface area (Å²) in [4.78, 5) is 12.7. The van der Waals surface area contributed by atoms with Crippen LogP contribution >= 0.6 is 0 Å². The summed E-state index contributed by atoms with van der Waals surface area (Å²) in [5.74, 6) is 0.613. The second-order valence-electron chi connectivity index (χ2n) is 6.78. The third kappa shape index (κ3) is 3.21. The lowest BCUT2D eigenvalue weighted by molar-refractivity contribution is -0.291. The number of methoxy groups -OCH3 is 2. The Morgan fingerprint density at radius 1 is 1.08 bits per heavy atom. The second-order valence-corrected chi connectivity index (χ2v) is 6.78. The number of carbonyl (C=O) groups excluding carboxylic acids is 1. The first-order valence-electron chi connectivity index (χ1n) is 8.32. The molecule has 3 rings (SSSR count). The van der Waals surface area contributed by atoms with Crippen LogP contribution in [0.4, 0.5) is 5.69 Å². The van der Waals surface area contributed by atoms with Crippen molar-refractivity contribution in [1.82, 2.24) is 0 Å². The van der Waals surface area contributed by atoms with Crippen molar-refractivity contribution in [2.45, 2.75) is 38.4 Å². The van der Waals surface area contributed by atoms with Gasteiger partial charge in [0.1, 0.15) is 0 Å². The number of benzene rings is 1. The molecule has 132 valence electrons. The van der Waals surface area contributed by atoms with E-state index < -0.39 is 11.2 Å². The highest BCUT2D eigenvalue weighted by Gasteiger charge is 2.47. The maximum absolute atomic E-state index is 12.7. The number of carbonyl (C=O) groups is 1. The molecule has 1 aromatic rings. The highest BCUT2D eigenvalue weighted by molar-refractivity contribution is 5.95. The lowest BCUT2D eigenvalue weighted by Crippen LogP contribution is -2.52. The molecule has 1 saturated carbocycles. The molecule has 0 bridgehead atoms. The standard InChI is InChI=1S/C18H25NO5/c1-17(11-23-18(24-12-17)8-4-5-9-18)16(20)19-13-6-7-14(21-2)15(10-13)22-3/h6-7,10H,4-5,8-9,11-12H2,1-3H3,(H,19,20). The Morgan fingerprint density at radius 3 is 2.29 bits per heavy atom. The van der Waals surface area contributed by atoms with Crippen LogP contribution in [0.3, 0.4) is 0 Å². The maximum Gasteiger partial charge on any atom is 0.235 e. The van der Waals surface area contributed by atoms with Crippen molar-refractivity contribution >= 4 is 11.6 Å². The molecule has 1 spiro atoms. The molecule has 1 heterocycles. The van der Waals surface area contributed by atoms with Crippen LogP contribution in [0, 0.1) is 5.41 Å². The van der Waals surface area contributed by atoms with E-state index in [1.807, 2.05) is 6.92 Å². The Morgan fingerprint density at radius 2 is 1.71 bits per heavy atom. The van der Waals surface area contributed by atoms with Crippen LogP contribution in [-0.4, -0.2) is 39.1 Å². The average molecular weight is 335 g/mol. The van der Waals surface area contributed by atoms with Gasteiger partial charge in [-0.25, -0.2) is 0 Å². The van der Waals surface area contributed by atoms with Gasteiger partial charge < -0.3 is 24.3 Å². The van der Waals surface area contributed by atoms with Gasteiger partial charge in [-0.15, -0.1) is 0 Å². The highest BCUT2D eigenvalue weighted by Crippen LogP contribution is 2.41. The zero-order valence-corrected chi connectivity index (χ0v) is 14.5. The normalized spacial score (nSPS) is 21.5. The van der Waals surface area contributed by atoms with Crippen LogP contribution in [-0.2, 0) is 14.3 Å². The minimum absolute atomic E-state index is 0.123. The van der Waals surface area contributed by atoms with E-state index in [4.69, 9.17) is 18.9 Å². The summed E-state index contributed by atoms with van der Waals surface area (Å²) in [7, 11) is 3.14. The first-order chi connectivity index (χ1) is 11.5. The molecule has 2 aliphatic rings.